The summed E-state index contributed by atoms with van der Waals surface area (Å²) in [5.41, 5.74) is 5.49. The van der Waals surface area contributed by atoms with Crippen LogP contribution >= 0.6 is 11.6 Å². The lowest BCUT2D eigenvalue weighted by atomic mass is 10.3. The number of halogens is 1. The molecule has 2 N–H and O–H groups in total. The Balaban J connectivity index is 2.10. The molecule has 8 heteroatoms. The maximum atomic E-state index is 12.2. The highest BCUT2D eigenvalue weighted by Gasteiger charge is 2.29. The molecule has 1 aliphatic heterocycles. The smallest absolute Gasteiger partial charge is 0.312 e. The fourth-order valence-corrected chi connectivity index (χ4v) is 2.38. The van der Waals surface area contributed by atoms with E-state index >= 15 is 0 Å². The Labute approximate surface area is 126 Å². The number of nitrogens with two attached hydrogens (primary N) is 1. The first kappa shape index (κ1) is 15.5. The van der Waals surface area contributed by atoms with E-state index in [0.717, 1.165) is 6.42 Å². The molecule has 21 heavy (non-hydrogen) atoms. The third-order valence-corrected chi connectivity index (χ3v) is 3.54. The lowest BCUT2D eigenvalue weighted by Crippen LogP contribution is -2.40. The summed E-state index contributed by atoms with van der Waals surface area (Å²) in [4.78, 5) is 24.2. The Bertz CT molecular complexity index is 566. The molecule has 0 bridgehead atoms. The Morgan fingerprint density at radius 2 is 2.33 bits per heavy atom. The van der Waals surface area contributed by atoms with Crippen molar-refractivity contribution < 1.29 is 14.5 Å². The zero-order valence-corrected chi connectivity index (χ0v) is 12.2. The number of hydrogen-bond acceptors (Lipinski definition) is 5. The number of amides is 1. The van der Waals surface area contributed by atoms with Crippen LogP contribution in [0.5, 0.6) is 5.75 Å². The van der Waals surface area contributed by atoms with Crippen molar-refractivity contribution in [2.45, 2.75) is 25.5 Å². The van der Waals surface area contributed by atoms with Crippen molar-refractivity contribution in [3.05, 3.63) is 33.3 Å². The number of benzene rings is 1. The van der Waals surface area contributed by atoms with E-state index in [1.807, 2.05) is 0 Å². The number of nitro groups is 1. The van der Waals surface area contributed by atoms with E-state index in [9.17, 15) is 14.9 Å². The van der Waals surface area contributed by atoms with Gasteiger partial charge in [-0.05, 0) is 25.5 Å². The molecule has 1 aliphatic rings. The van der Waals surface area contributed by atoms with E-state index in [4.69, 9.17) is 22.1 Å². The highest BCUT2D eigenvalue weighted by Crippen LogP contribution is 2.30. The standard InChI is InChI=1S/C13H16ClN3O4/c1-8(13(18)16-5-4-10(15)7-16)21-12-3-2-9(14)6-11(12)17(19)20/h2-3,6,8,10H,4-5,7,15H2,1H3/t8?,10-/m1/s1. The van der Waals surface area contributed by atoms with Gasteiger partial charge in [0.25, 0.3) is 5.91 Å². The van der Waals surface area contributed by atoms with E-state index in [2.05, 4.69) is 0 Å². The van der Waals surface area contributed by atoms with Crippen molar-refractivity contribution in [3.63, 3.8) is 0 Å². The Morgan fingerprint density at radius 1 is 1.62 bits per heavy atom. The predicted molar refractivity (Wildman–Crippen MR) is 77.4 cm³/mol. The van der Waals surface area contributed by atoms with Gasteiger partial charge in [0, 0.05) is 30.2 Å². The summed E-state index contributed by atoms with van der Waals surface area (Å²) in [6.45, 7) is 2.62. The van der Waals surface area contributed by atoms with Gasteiger partial charge < -0.3 is 15.4 Å². The molecule has 1 aromatic carbocycles. The van der Waals surface area contributed by atoms with Crippen LogP contribution in [0.15, 0.2) is 18.2 Å². The number of nitro benzene ring substituents is 1. The van der Waals surface area contributed by atoms with E-state index in [1.165, 1.54) is 18.2 Å². The summed E-state index contributed by atoms with van der Waals surface area (Å²) in [5.74, 6) is -0.207. The van der Waals surface area contributed by atoms with Crippen molar-refractivity contribution >= 4 is 23.2 Å². The van der Waals surface area contributed by atoms with Crippen LogP contribution in [0.1, 0.15) is 13.3 Å². The van der Waals surface area contributed by atoms with Crippen LogP contribution in [0.4, 0.5) is 5.69 Å². The van der Waals surface area contributed by atoms with Crippen molar-refractivity contribution in [3.8, 4) is 5.75 Å². The van der Waals surface area contributed by atoms with Crippen LogP contribution in [0.3, 0.4) is 0 Å². The molecular weight excluding hydrogens is 298 g/mol. The number of rotatable bonds is 4. The minimum Gasteiger partial charge on any atom is -0.474 e. The van der Waals surface area contributed by atoms with Gasteiger partial charge in [0.2, 0.25) is 0 Å². The molecule has 1 amide bonds. The molecule has 0 spiro atoms. The Kier molecular flexibility index (Phi) is 4.64. The predicted octanol–water partition coefficient (Wildman–Crippen LogP) is 1.58. The molecule has 1 unspecified atom stereocenters. The average molecular weight is 314 g/mol. The molecule has 114 valence electrons. The molecule has 1 heterocycles. The summed E-state index contributed by atoms with van der Waals surface area (Å²) < 4.78 is 5.44. The second-order valence-electron chi connectivity index (χ2n) is 4.96. The van der Waals surface area contributed by atoms with E-state index in [0.29, 0.717) is 13.1 Å². The van der Waals surface area contributed by atoms with Crippen LogP contribution in [0.2, 0.25) is 5.02 Å². The maximum absolute atomic E-state index is 12.2. The first-order valence-corrected chi connectivity index (χ1v) is 6.91. The molecule has 1 fully saturated rings. The van der Waals surface area contributed by atoms with Crippen LogP contribution in [-0.4, -0.2) is 41.0 Å². The minimum absolute atomic E-state index is 0.0220. The molecule has 2 rings (SSSR count). The second-order valence-corrected chi connectivity index (χ2v) is 5.40. The van der Waals surface area contributed by atoms with Crippen LogP contribution in [0.25, 0.3) is 0 Å². The summed E-state index contributed by atoms with van der Waals surface area (Å²) >= 11 is 5.73. The lowest BCUT2D eigenvalue weighted by Gasteiger charge is -2.21. The highest BCUT2D eigenvalue weighted by atomic mass is 35.5. The van der Waals surface area contributed by atoms with Crippen molar-refractivity contribution in [2.75, 3.05) is 13.1 Å². The monoisotopic (exact) mass is 313 g/mol. The maximum Gasteiger partial charge on any atom is 0.312 e. The van der Waals surface area contributed by atoms with Gasteiger partial charge in [-0.25, -0.2) is 0 Å². The average Bonchev–Trinajstić information content (AvgIpc) is 2.86. The van der Waals surface area contributed by atoms with E-state index in [-0.39, 0.29) is 28.4 Å². The number of nitrogens with zero attached hydrogens (tertiary/aromatic N) is 2. The minimum atomic E-state index is -0.824. The number of ether oxygens (including phenoxy) is 1. The SMILES string of the molecule is CC(Oc1ccc(Cl)cc1[N+](=O)[O-])C(=O)N1CC[C@@H](N)C1. The molecule has 2 atom stereocenters. The van der Waals surface area contributed by atoms with Crippen molar-refractivity contribution in [1.29, 1.82) is 0 Å². The molecule has 0 aliphatic carbocycles. The first-order valence-electron chi connectivity index (χ1n) is 6.53. The zero-order chi connectivity index (χ0) is 15.6. The van der Waals surface area contributed by atoms with Crippen molar-refractivity contribution in [2.24, 2.45) is 5.73 Å². The summed E-state index contributed by atoms with van der Waals surface area (Å²) in [7, 11) is 0. The molecule has 0 aromatic heterocycles. The molecule has 0 radical (unpaired) electrons. The van der Waals surface area contributed by atoms with E-state index in [1.54, 1.807) is 11.8 Å². The fraction of sp³-hybridized carbons (Fsp3) is 0.462. The summed E-state index contributed by atoms with van der Waals surface area (Å²) in [6, 6.07) is 4.04. The van der Waals surface area contributed by atoms with Gasteiger partial charge in [0.1, 0.15) is 0 Å². The van der Waals surface area contributed by atoms with Gasteiger partial charge in [0.05, 0.1) is 4.92 Å². The molecule has 0 saturated carbocycles. The van der Waals surface area contributed by atoms with Gasteiger partial charge in [-0.3, -0.25) is 14.9 Å². The van der Waals surface area contributed by atoms with Gasteiger partial charge in [-0.15, -0.1) is 0 Å². The fourth-order valence-electron chi connectivity index (χ4n) is 2.22. The molecular formula is C13H16ClN3O4. The highest BCUT2D eigenvalue weighted by molar-refractivity contribution is 6.30. The van der Waals surface area contributed by atoms with E-state index < -0.39 is 11.0 Å². The lowest BCUT2D eigenvalue weighted by molar-refractivity contribution is -0.386. The molecule has 1 saturated heterocycles. The van der Waals surface area contributed by atoms with Crippen LogP contribution in [-0.2, 0) is 4.79 Å². The molecule has 7 nitrogen and oxygen atoms in total. The van der Waals surface area contributed by atoms with Gasteiger partial charge >= 0.3 is 5.69 Å². The number of likely N-dealkylation sites (tertiary alicyclic amines) is 1. The first-order chi connectivity index (χ1) is 9.88. The topological polar surface area (TPSA) is 98.7 Å². The van der Waals surface area contributed by atoms with Crippen molar-refractivity contribution in [1.82, 2.24) is 4.90 Å². The van der Waals surface area contributed by atoms with Gasteiger partial charge in [-0.2, -0.15) is 0 Å². The largest absolute Gasteiger partial charge is 0.474 e. The summed E-state index contributed by atoms with van der Waals surface area (Å²) in [6.07, 6.45) is -0.0744. The third kappa shape index (κ3) is 3.62. The Hall–Kier alpha value is -1.86. The van der Waals surface area contributed by atoms with Gasteiger partial charge in [0.15, 0.2) is 11.9 Å². The second kappa shape index (κ2) is 6.28. The quantitative estimate of drug-likeness (QED) is 0.672. The number of carbonyl (C=O) groups excluding carboxylic acids is 1. The van der Waals surface area contributed by atoms with Gasteiger partial charge in [-0.1, -0.05) is 11.6 Å². The number of carbonyl (C=O) groups is 1. The van der Waals surface area contributed by atoms with Crippen LogP contribution < -0.4 is 10.5 Å². The number of hydrogen-bond donors (Lipinski definition) is 1. The van der Waals surface area contributed by atoms with Crippen LogP contribution in [0, 0.1) is 10.1 Å². The molecule has 1 aromatic rings. The third-order valence-electron chi connectivity index (χ3n) is 3.31. The summed E-state index contributed by atoms with van der Waals surface area (Å²) in [5, 5.41) is 11.2. The normalized spacial score (nSPS) is 19.4. The zero-order valence-electron chi connectivity index (χ0n) is 11.5. The Morgan fingerprint density at radius 3 is 2.90 bits per heavy atom.